The Morgan fingerprint density at radius 1 is 1.17 bits per heavy atom. The molecule has 1 N–H and O–H groups in total. The van der Waals surface area contributed by atoms with E-state index in [-0.39, 0.29) is 30.5 Å². The molecule has 1 atom stereocenters. The number of aromatic nitrogens is 3. The average Bonchev–Trinajstić information content (AvgIpc) is 3.04. The number of carbonyl (C=O) groups excluding carboxylic acids is 1. The molecule has 1 aromatic heterocycles. The first-order valence-electron chi connectivity index (χ1n) is 9.86. The first kappa shape index (κ1) is 26.4. The molecule has 2 rings (SSSR count). The van der Waals surface area contributed by atoms with Gasteiger partial charge in [0.05, 0.1) is 5.41 Å². The third kappa shape index (κ3) is 7.25. The van der Waals surface area contributed by atoms with Crippen LogP contribution >= 0.6 is 11.6 Å². The first-order valence-corrected chi connectivity index (χ1v) is 10.2. The summed E-state index contributed by atoms with van der Waals surface area (Å²) in [6.07, 6.45) is 4.65. The average molecular weight is 458 g/mol. The normalized spacial score (nSPS) is 14.0. The number of ether oxygens (including phenoxy) is 1. The van der Waals surface area contributed by atoms with E-state index in [1.807, 2.05) is 65.8 Å². The van der Waals surface area contributed by atoms with E-state index >= 15 is 0 Å². The molecule has 6 nitrogen and oxygen atoms in total. The van der Waals surface area contributed by atoms with Crippen LogP contribution in [0.4, 0.5) is 0 Å². The SMILES string of the molecule is CC(C)(C)C(=O)OCn1cn[n+](CC(O)(CCc2ccc(Cl)cc2)C(C)(C)C)c1.[Cl-]. The van der Waals surface area contributed by atoms with Crippen molar-refractivity contribution in [3.8, 4) is 0 Å². The van der Waals surface area contributed by atoms with Crippen LogP contribution in [0.15, 0.2) is 36.9 Å². The molecule has 0 aliphatic heterocycles. The fourth-order valence-corrected chi connectivity index (χ4v) is 2.95. The van der Waals surface area contributed by atoms with E-state index in [0.29, 0.717) is 18.0 Å². The maximum atomic E-state index is 11.9. The van der Waals surface area contributed by atoms with Crippen LogP contribution in [0, 0.1) is 10.8 Å². The highest BCUT2D eigenvalue weighted by molar-refractivity contribution is 6.30. The molecule has 1 aromatic carbocycles. The number of benzene rings is 1. The quantitative estimate of drug-likeness (QED) is 0.492. The molecule has 168 valence electrons. The van der Waals surface area contributed by atoms with E-state index < -0.39 is 11.0 Å². The van der Waals surface area contributed by atoms with Crippen LogP contribution in [0.25, 0.3) is 0 Å². The zero-order valence-electron chi connectivity index (χ0n) is 18.7. The Morgan fingerprint density at radius 2 is 1.77 bits per heavy atom. The Bertz CT molecular complexity index is 823. The van der Waals surface area contributed by atoms with Crippen LogP contribution in [-0.2, 0) is 29.2 Å². The summed E-state index contributed by atoms with van der Waals surface area (Å²) in [4.78, 5) is 11.9. The maximum absolute atomic E-state index is 11.9. The third-order valence-electron chi connectivity index (χ3n) is 5.15. The number of halogens is 2. The number of esters is 1. The minimum Gasteiger partial charge on any atom is -1.00 e. The molecule has 0 radical (unpaired) electrons. The van der Waals surface area contributed by atoms with E-state index in [2.05, 4.69) is 5.10 Å². The number of hydrogen-bond donors (Lipinski definition) is 1. The number of hydrogen-bond acceptors (Lipinski definition) is 4. The minimum absolute atomic E-state index is 0. The van der Waals surface area contributed by atoms with Gasteiger partial charge in [0.25, 0.3) is 6.33 Å². The maximum Gasteiger partial charge on any atom is 0.314 e. The van der Waals surface area contributed by atoms with Crippen molar-refractivity contribution in [2.45, 2.75) is 73.3 Å². The highest BCUT2D eigenvalue weighted by Gasteiger charge is 2.42. The van der Waals surface area contributed by atoms with Gasteiger partial charge in [-0.25, -0.2) is 0 Å². The van der Waals surface area contributed by atoms with Crippen molar-refractivity contribution in [3.05, 3.63) is 47.5 Å². The molecule has 0 spiro atoms. The van der Waals surface area contributed by atoms with Crippen LogP contribution in [0.2, 0.25) is 5.02 Å². The van der Waals surface area contributed by atoms with Gasteiger partial charge < -0.3 is 22.3 Å². The second-order valence-corrected chi connectivity index (χ2v) is 10.1. The zero-order valence-corrected chi connectivity index (χ0v) is 20.2. The van der Waals surface area contributed by atoms with E-state index in [1.165, 1.54) is 0 Å². The van der Waals surface area contributed by atoms with Gasteiger partial charge in [-0.15, -0.1) is 4.68 Å². The second kappa shape index (κ2) is 10.1. The van der Waals surface area contributed by atoms with Crippen LogP contribution in [0.5, 0.6) is 0 Å². The summed E-state index contributed by atoms with van der Waals surface area (Å²) < 4.78 is 8.69. The van der Waals surface area contributed by atoms with Crippen molar-refractivity contribution in [1.82, 2.24) is 9.67 Å². The largest absolute Gasteiger partial charge is 1.00 e. The van der Waals surface area contributed by atoms with Gasteiger partial charge in [0.1, 0.15) is 12.1 Å². The van der Waals surface area contributed by atoms with Gasteiger partial charge in [-0.2, -0.15) is 4.57 Å². The minimum atomic E-state index is -0.974. The number of rotatable bonds is 7. The predicted molar refractivity (Wildman–Crippen MR) is 112 cm³/mol. The number of carbonyl (C=O) groups is 1. The van der Waals surface area contributed by atoms with Gasteiger partial charge in [0, 0.05) is 5.02 Å². The summed E-state index contributed by atoms with van der Waals surface area (Å²) in [6, 6.07) is 7.69. The highest BCUT2D eigenvalue weighted by atomic mass is 35.5. The van der Waals surface area contributed by atoms with Crippen molar-refractivity contribution >= 4 is 17.6 Å². The summed E-state index contributed by atoms with van der Waals surface area (Å²) in [5, 5.41) is 16.5. The van der Waals surface area contributed by atoms with Gasteiger partial charge in [-0.3, -0.25) is 4.79 Å². The van der Waals surface area contributed by atoms with Crippen LogP contribution in [0.3, 0.4) is 0 Å². The standard InChI is InChI=1S/C22H33ClN3O3.ClH/c1-20(2,3)19(27)29-16-25-14-24-26(15-25)13-22(28,21(4,5)6)12-11-17-7-9-18(23)10-8-17;/h7-10,14-15,28H,11-13,16H2,1-6H3;1H/q+1;/p-1. The van der Waals surface area contributed by atoms with Crippen molar-refractivity contribution in [1.29, 1.82) is 0 Å². The Hall–Kier alpha value is -1.63. The Morgan fingerprint density at radius 3 is 2.30 bits per heavy atom. The van der Waals surface area contributed by atoms with Crippen LogP contribution < -0.4 is 17.1 Å². The molecule has 0 saturated carbocycles. The topological polar surface area (TPSA) is 68.2 Å². The van der Waals surface area contributed by atoms with E-state index in [1.54, 1.807) is 21.9 Å². The second-order valence-electron chi connectivity index (χ2n) is 9.68. The molecule has 2 aromatic rings. The molecule has 0 amide bonds. The Kier molecular flexibility index (Phi) is 8.91. The lowest BCUT2D eigenvalue weighted by atomic mass is 9.73. The van der Waals surface area contributed by atoms with Crippen LogP contribution in [0.1, 0.15) is 53.5 Å². The Labute approximate surface area is 190 Å². The molecule has 30 heavy (non-hydrogen) atoms. The molecule has 0 bridgehead atoms. The van der Waals surface area contributed by atoms with Gasteiger partial charge in [-0.1, -0.05) is 44.5 Å². The third-order valence-corrected chi connectivity index (χ3v) is 5.40. The van der Waals surface area contributed by atoms with Crippen molar-refractivity contribution in [2.75, 3.05) is 0 Å². The molecule has 0 fully saturated rings. The number of nitrogens with zero attached hydrogens (tertiary/aromatic N) is 3. The fourth-order valence-electron chi connectivity index (χ4n) is 2.82. The van der Waals surface area contributed by atoms with Crippen molar-refractivity contribution in [2.24, 2.45) is 10.8 Å². The lowest BCUT2D eigenvalue weighted by Crippen LogP contribution is -3.00. The van der Waals surface area contributed by atoms with Crippen LogP contribution in [-0.4, -0.2) is 26.3 Å². The summed E-state index contributed by atoms with van der Waals surface area (Å²) in [5.41, 5.74) is -0.750. The molecule has 0 saturated heterocycles. The van der Waals surface area contributed by atoms with Gasteiger partial charge >= 0.3 is 5.97 Å². The lowest BCUT2D eigenvalue weighted by Gasteiger charge is -2.38. The molecular weight excluding hydrogens is 425 g/mol. The molecule has 0 aliphatic carbocycles. The predicted octanol–water partition coefficient (Wildman–Crippen LogP) is 0.785. The van der Waals surface area contributed by atoms with Gasteiger partial charge in [-0.05, 0) is 61.8 Å². The van der Waals surface area contributed by atoms with E-state index in [4.69, 9.17) is 16.3 Å². The molecular formula is C22H33Cl2N3O3. The summed E-state index contributed by atoms with van der Waals surface area (Å²) in [7, 11) is 0. The highest BCUT2D eigenvalue weighted by Crippen LogP contribution is 2.34. The lowest BCUT2D eigenvalue weighted by molar-refractivity contribution is -0.765. The monoisotopic (exact) mass is 457 g/mol. The zero-order chi connectivity index (χ0) is 21.9. The summed E-state index contributed by atoms with van der Waals surface area (Å²) in [6.45, 7) is 11.9. The summed E-state index contributed by atoms with van der Waals surface area (Å²) in [5.74, 6) is -0.271. The summed E-state index contributed by atoms with van der Waals surface area (Å²) >= 11 is 5.96. The van der Waals surface area contributed by atoms with Gasteiger partial charge in [0.2, 0.25) is 13.1 Å². The number of aryl methyl sites for hydroxylation is 1. The van der Waals surface area contributed by atoms with Crippen molar-refractivity contribution in [3.63, 3.8) is 0 Å². The first-order chi connectivity index (χ1) is 13.3. The smallest absolute Gasteiger partial charge is 0.314 e. The Balaban J connectivity index is 0.00000450. The fraction of sp³-hybridized carbons (Fsp3) is 0.591. The van der Waals surface area contributed by atoms with E-state index in [9.17, 15) is 9.90 Å². The molecule has 1 heterocycles. The molecule has 8 heteroatoms. The number of aliphatic hydroxyl groups is 1. The van der Waals surface area contributed by atoms with Gasteiger partial charge in [0.15, 0.2) is 0 Å². The molecule has 0 aliphatic rings. The van der Waals surface area contributed by atoms with Crippen molar-refractivity contribution < 1.29 is 31.7 Å². The molecule has 1 unspecified atom stereocenters. The van der Waals surface area contributed by atoms with E-state index in [0.717, 1.165) is 12.0 Å².